The Kier molecular flexibility index (Phi) is 12.9. The van der Waals surface area contributed by atoms with Gasteiger partial charge in [0.15, 0.2) is 0 Å². The van der Waals surface area contributed by atoms with Gasteiger partial charge < -0.3 is 0 Å². The van der Waals surface area contributed by atoms with Crippen LogP contribution in [0.2, 0.25) is 20.7 Å². The van der Waals surface area contributed by atoms with E-state index in [0.717, 1.165) is 10.6 Å². The fourth-order valence-electron chi connectivity index (χ4n) is 2.76. The minimum atomic E-state index is -0.483. The zero-order valence-electron chi connectivity index (χ0n) is 18.8. The van der Waals surface area contributed by atoms with E-state index in [2.05, 4.69) is 20.9 Å². The number of benzene rings is 2. The van der Waals surface area contributed by atoms with Crippen LogP contribution in [-0.4, -0.2) is 83.2 Å². The molecule has 0 bridgehead atoms. The van der Waals surface area contributed by atoms with Gasteiger partial charge in [0.25, 0.3) is 0 Å². The fourth-order valence-corrected chi connectivity index (χ4v) is 8.83. The molecular weight excluding hydrogens is 645 g/mol. The van der Waals surface area contributed by atoms with Crippen LogP contribution in [0.15, 0.2) is 46.7 Å². The second-order valence-corrected chi connectivity index (χ2v) is 15.8. The Hall–Kier alpha value is -2.46. The summed E-state index contributed by atoms with van der Waals surface area (Å²) in [6, 6.07) is 8.97. The van der Waals surface area contributed by atoms with Crippen LogP contribution in [0.5, 0.6) is 11.5 Å². The molecule has 0 aromatic heterocycles. The van der Waals surface area contributed by atoms with Gasteiger partial charge in [-0.3, -0.25) is 0 Å². The van der Waals surface area contributed by atoms with Gasteiger partial charge in [-0.2, -0.15) is 0 Å². The quantitative estimate of drug-likeness (QED) is 0.0630. The Morgan fingerprint density at radius 3 is 1.47 bits per heavy atom. The predicted octanol–water partition coefficient (Wildman–Crippen LogP) is 2.24. The number of phenolic OH excluding ortho intramolecular Hbond substituents is 2. The molecule has 0 radical (unpaired) electrons. The Bertz CT molecular complexity index is 1050. The molecule has 0 spiro atoms. The third-order valence-electron chi connectivity index (χ3n) is 4.56. The number of hydrogen-bond donors (Lipinski definition) is 6. The summed E-state index contributed by atoms with van der Waals surface area (Å²) in [7, 11) is 0. The molecule has 6 N–H and O–H groups in total. The van der Waals surface area contributed by atoms with Gasteiger partial charge in [-0.1, -0.05) is 0 Å². The first kappa shape index (κ1) is 29.8. The van der Waals surface area contributed by atoms with E-state index in [1.165, 1.54) is 24.3 Å². The number of amides is 2. The van der Waals surface area contributed by atoms with Crippen molar-refractivity contribution in [1.82, 2.24) is 10.6 Å². The average molecular weight is 669 g/mol. The second kappa shape index (κ2) is 15.6. The van der Waals surface area contributed by atoms with Crippen molar-refractivity contribution >= 4 is 72.7 Å². The zero-order chi connectivity index (χ0) is 26.5. The molecule has 0 fully saturated rings. The number of carbonyl (C=O) groups excluding carboxylic acids is 2. The van der Waals surface area contributed by atoms with Crippen molar-refractivity contribution in [3.8, 4) is 11.5 Å². The van der Waals surface area contributed by atoms with Gasteiger partial charge in [0.1, 0.15) is 0 Å². The van der Waals surface area contributed by atoms with Crippen LogP contribution in [0.1, 0.15) is 11.1 Å². The standard InChI is InChI=1S/C22H24Cl2N4O6Se2/c23-15-9-13(1-3-19(15)29)11-17(27-33)21(31)25-5-7-35-36-8-6-26-22(32)18(28-34)12-14-2-4-20(30)16(24)10-14/h1-4,9-10,29-30,33-34H,5-8,11-12H2,(H,25,31)(H,26,32). The molecule has 0 aliphatic carbocycles. The van der Waals surface area contributed by atoms with Crippen LogP contribution in [-0.2, 0) is 22.4 Å². The number of aromatic hydroxyl groups is 2. The molecule has 10 nitrogen and oxygen atoms in total. The molecular formula is C22H24Cl2N4O6Se2. The van der Waals surface area contributed by atoms with E-state index in [9.17, 15) is 19.8 Å². The van der Waals surface area contributed by atoms with E-state index < -0.39 is 11.8 Å². The summed E-state index contributed by atoms with van der Waals surface area (Å²) in [5.41, 5.74) is 1.12. The Morgan fingerprint density at radius 2 is 1.14 bits per heavy atom. The molecule has 2 aromatic carbocycles. The van der Waals surface area contributed by atoms with Gasteiger partial charge in [0.05, 0.1) is 0 Å². The molecule has 0 heterocycles. The first-order valence-corrected chi connectivity index (χ1v) is 17.9. The van der Waals surface area contributed by atoms with Crippen LogP contribution in [0.4, 0.5) is 0 Å². The summed E-state index contributed by atoms with van der Waals surface area (Å²) in [6.45, 7) is 0.859. The van der Waals surface area contributed by atoms with Gasteiger partial charge in [0, 0.05) is 0 Å². The van der Waals surface area contributed by atoms with E-state index >= 15 is 0 Å². The second-order valence-electron chi connectivity index (χ2n) is 7.17. The van der Waals surface area contributed by atoms with Gasteiger partial charge >= 0.3 is 230 Å². The minimum absolute atomic E-state index is 0.0617. The average Bonchev–Trinajstić information content (AvgIpc) is 2.86. The number of nitrogens with one attached hydrogen (secondary N) is 2. The summed E-state index contributed by atoms with van der Waals surface area (Å²) in [4.78, 5) is 24.5. The normalized spacial score (nSPS) is 11.8. The van der Waals surface area contributed by atoms with Gasteiger partial charge in [-0.25, -0.2) is 0 Å². The molecule has 0 saturated heterocycles. The summed E-state index contributed by atoms with van der Waals surface area (Å²) in [5, 5.41) is 50.7. The number of nitrogens with zero attached hydrogens (tertiary/aromatic N) is 2. The number of oxime groups is 2. The molecule has 0 atom stereocenters. The molecule has 2 rings (SSSR count). The first-order valence-electron chi connectivity index (χ1n) is 10.4. The number of hydrogen-bond acceptors (Lipinski definition) is 8. The Morgan fingerprint density at radius 1 is 0.750 bits per heavy atom. The molecule has 0 aliphatic rings. The fraction of sp³-hybridized carbons (Fsp3) is 0.273. The van der Waals surface area contributed by atoms with E-state index in [0.29, 0.717) is 24.2 Å². The monoisotopic (exact) mass is 670 g/mol. The molecule has 2 amide bonds. The maximum atomic E-state index is 12.2. The van der Waals surface area contributed by atoms with E-state index in [1.807, 2.05) is 0 Å². The molecule has 0 saturated carbocycles. The number of halogens is 2. The van der Waals surface area contributed by atoms with Crippen molar-refractivity contribution < 1.29 is 30.2 Å². The zero-order valence-corrected chi connectivity index (χ0v) is 23.7. The topological polar surface area (TPSA) is 164 Å². The van der Waals surface area contributed by atoms with E-state index in [-0.39, 0.29) is 72.1 Å². The molecule has 2 aromatic rings. The van der Waals surface area contributed by atoms with Gasteiger partial charge in [0.2, 0.25) is 0 Å². The summed E-state index contributed by atoms with van der Waals surface area (Å²) in [5.74, 6) is -1.11. The molecule has 14 heteroatoms. The van der Waals surface area contributed by atoms with E-state index in [1.54, 1.807) is 12.1 Å². The van der Waals surface area contributed by atoms with Crippen LogP contribution in [0.25, 0.3) is 0 Å². The molecule has 194 valence electrons. The van der Waals surface area contributed by atoms with Crippen molar-refractivity contribution in [2.24, 2.45) is 10.3 Å². The van der Waals surface area contributed by atoms with Crippen molar-refractivity contribution in [2.45, 2.75) is 23.5 Å². The van der Waals surface area contributed by atoms with Crippen LogP contribution in [0.3, 0.4) is 0 Å². The summed E-state index contributed by atoms with van der Waals surface area (Å²) >= 11 is 12.3. The Balaban J connectivity index is 1.62. The molecule has 36 heavy (non-hydrogen) atoms. The first-order chi connectivity index (χ1) is 17.2. The molecule has 0 aliphatic heterocycles. The predicted molar refractivity (Wildman–Crippen MR) is 139 cm³/mol. The SMILES string of the molecule is O=C(NCC[Se][Se]CCNC(=O)C(Cc1ccc(O)c(Cl)c1)=NO)C(Cc1ccc(O)c(Cl)c1)=NO. The number of phenols is 2. The molecule has 0 unspecified atom stereocenters. The summed E-state index contributed by atoms with van der Waals surface area (Å²) in [6.07, 6.45) is 0.131. The van der Waals surface area contributed by atoms with Crippen molar-refractivity contribution in [2.75, 3.05) is 13.1 Å². The third-order valence-corrected chi connectivity index (χ3v) is 12.5. The van der Waals surface area contributed by atoms with Gasteiger partial charge in [-0.05, 0) is 0 Å². The maximum absolute atomic E-state index is 12.2. The third kappa shape index (κ3) is 9.89. The van der Waals surface area contributed by atoms with E-state index in [4.69, 9.17) is 33.6 Å². The van der Waals surface area contributed by atoms with Crippen molar-refractivity contribution in [3.63, 3.8) is 0 Å². The van der Waals surface area contributed by atoms with Crippen LogP contribution >= 0.6 is 23.2 Å². The van der Waals surface area contributed by atoms with Crippen LogP contribution < -0.4 is 10.6 Å². The number of carbonyl (C=O) groups is 2. The van der Waals surface area contributed by atoms with Gasteiger partial charge in [-0.15, -0.1) is 0 Å². The Labute approximate surface area is 228 Å². The van der Waals surface area contributed by atoms with Crippen molar-refractivity contribution in [3.05, 3.63) is 57.6 Å². The van der Waals surface area contributed by atoms with Crippen LogP contribution in [0, 0.1) is 0 Å². The summed E-state index contributed by atoms with van der Waals surface area (Å²) < 4.78 is 0. The number of rotatable bonds is 13. The van der Waals surface area contributed by atoms with Crippen molar-refractivity contribution in [1.29, 1.82) is 0 Å².